The van der Waals surface area contributed by atoms with Crippen molar-refractivity contribution in [3.05, 3.63) is 28.6 Å². The van der Waals surface area contributed by atoms with Gasteiger partial charge >= 0.3 is 35.5 Å². The molecule has 1 atom stereocenters. The molecule has 3 aliphatic rings. The molecule has 0 saturated carbocycles. The Balaban J connectivity index is 0.00000113. The van der Waals surface area contributed by atoms with Crippen molar-refractivity contribution in [2.75, 3.05) is 5.75 Å². The summed E-state index contributed by atoms with van der Waals surface area (Å²) in [6, 6.07) is 0. The van der Waals surface area contributed by atoms with E-state index in [0.29, 0.717) is 24.2 Å². The number of carbonyl (C=O) groups excluding carboxylic acids is 1. The quantitative estimate of drug-likeness (QED) is 0.342. The fourth-order valence-electron chi connectivity index (χ4n) is 2.84. The Morgan fingerprint density at radius 1 is 1.50 bits per heavy atom. The molecule has 1 fully saturated rings. The van der Waals surface area contributed by atoms with Crippen molar-refractivity contribution in [3.63, 3.8) is 0 Å². The second kappa shape index (κ2) is 6.03. The average Bonchev–Trinajstić information content (AvgIpc) is 3.06. The van der Waals surface area contributed by atoms with E-state index in [1.54, 1.807) is 10.8 Å². The molecule has 0 spiro atoms. The van der Waals surface area contributed by atoms with Gasteiger partial charge in [-0.05, 0) is 12.5 Å². The van der Waals surface area contributed by atoms with Crippen LogP contribution in [-0.4, -0.2) is 51.0 Å². The van der Waals surface area contributed by atoms with E-state index in [9.17, 15) is 18.0 Å². The van der Waals surface area contributed by atoms with E-state index in [-0.39, 0.29) is 58.9 Å². The van der Waals surface area contributed by atoms with Gasteiger partial charge < -0.3 is 11.1 Å². The number of carbonyl (C=O) groups is 2. The monoisotopic (exact) mass is 377 g/mol. The summed E-state index contributed by atoms with van der Waals surface area (Å²) in [6.45, 7) is 0.577. The van der Waals surface area contributed by atoms with Crippen molar-refractivity contribution in [2.24, 2.45) is 0 Å². The van der Waals surface area contributed by atoms with Crippen LogP contribution >= 0.6 is 11.8 Å². The number of amides is 1. The predicted molar refractivity (Wildman–Crippen MR) is 81.9 cm³/mol. The summed E-state index contributed by atoms with van der Waals surface area (Å²) in [7, 11) is -3.36. The smallest absolute Gasteiger partial charge is 1.00 e. The third-order valence-corrected chi connectivity index (χ3v) is 6.70. The van der Waals surface area contributed by atoms with Gasteiger partial charge in [-0.3, -0.25) is 9.69 Å². The zero-order chi connectivity index (χ0) is 16.4. The first-order chi connectivity index (χ1) is 10.9. The van der Waals surface area contributed by atoms with E-state index >= 15 is 0 Å². The Hall–Kier alpha value is -1.07. The molecule has 1 saturated heterocycles. The van der Waals surface area contributed by atoms with Gasteiger partial charge in [0.05, 0.1) is 17.0 Å². The van der Waals surface area contributed by atoms with Gasteiger partial charge in [0.25, 0.3) is 5.91 Å². The minimum absolute atomic E-state index is 0. The molecular weight excluding hydrogens is 365 g/mol. The van der Waals surface area contributed by atoms with Crippen LogP contribution in [0.25, 0.3) is 6.08 Å². The number of carboxylic acids is 1. The maximum absolute atomic E-state index is 12.1. The Morgan fingerprint density at radius 3 is 2.92 bits per heavy atom. The first-order valence-corrected chi connectivity index (χ1v) is 9.42. The largest absolute Gasteiger partial charge is 1.00 e. The number of thioether (sulfide) groups is 1. The van der Waals surface area contributed by atoms with Gasteiger partial charge in [-0.15, -0.1) is 11.8 Å². The van der Waals surface area contributed by atoms with Crippen molar-refractivity contribution in [1.29, 1.82) is 0 Å². The third-order valence-electron chi connectivity index (χ3n) is 3.91. The maximum atomic E-state index is 12.1. The molecule has 1 amide bonds. The molecule has 122 valence electrons. The maximum Gasteiger partial charge on any atom is 1.00 e. The number of rotatable bonds is 2. The summed E-state index contributed by atoms with van der Waals surface area (Å²) in [5, 5.41) is 10.1. The molecule has 0 radical (unpaired) electrons. The normalized spacial score (nSPS) is 25.4. The van der Waals surface area contributed by atoms with Crippen LogP contribution in [0.5, 0.6) is 0 Å². The van der Waals surface area contributed by atoms with Crippen LogP contribution in [0.1, 0.15) is 13.5 Å². The summed E-state index contributed by atoms with van der Waals surface area (Å²) in [5.74, 6) is -1.45. The summed E-state index contributed by atoms with van der Waals surface area (Å²) >= 11 is 1.24. The number of aromatic nitrogens is 2. The van der Waals surface area contributed by atoms with Gasteiger partial charge in [0.15, 0.2) is 0 Å². The second-order valence-electron chi connectivity index (χ2n) is 5.39. The van der Waals surface area contributed by atoms with Crippen molar-refractivity contribution < 1.29 is 54.1 Å². The molecule has 0 bridgehead atoms. The molecule has 3 aliphatic heterocycles. The Labute approximate surface area is 165 Å². The van der Waals surface area contributed by atoms with Crippen LogP contribution in [0.4, 0.5) is 0 Å². The van der Waals surface area contributed by atoms with Crippen LogP contribution in [0.3, 0.4) is 0 Å². The van der Waals surface area contributed by atoms with Crippen molar-refractivity contribution >= 4 is 39.6 Å². The summed E-state index contributed by atoms with van der Waals surface area (Å²) < 4.78 is 25.5. The minimum Gasteiger partial charge on any atom is -1.00 e. The van der Waals surface area contributed by atoms with E-state index in [0.717, 1.165) is 0 Å². The van der Waals surface area contributed by atoms with Crippen molar-refractivity contribution in [3.8, 4) is 0 Å². The Morgan fingerprint density at radius 2 is 2.25 bits per heavy atom. The Bertz CT molecular complexity index is 924. The zero-order valence-electron chi connectivity index (χ0n) is 13.7. The van der Waals surface area contributed by atoms with Crippen LogP contribution in [-0.2, 0) is 26.0 Å². The summed E-state index contributed by atoms with van der Waals surface area (Å²) in [6.07, 6.45) is 3.69. The van der Waals surface area contributed by atoms with Gasteiger partial charge in [-0.25, -0.2) is 18.2 Å². The topological polar surface area (TPSA) is 110 Å². The van der Waals surface area contributed by atoms with Crippen molar-refractivity contribution in [2.45, 2.75) is 23.5 Å². The third kappa shape index (κ3) is 2.57. The number of aryl methyl sites for hydroxylation is 1. The van der Waals surface area contributed by atoms with Crippen molar-refractivity contribution in [1.82, 2.24) is 14.5 Å². The predicted octanol–water partition coefficient (Wildman–Crippen LogP) is -2.60. The molecular formula is C13H12N3NaO5S2. The van der Waals surface area contributed by atoms with Gasteiger partial charge in [0.1, 0.15) is 11.1 Å². The number of sulfone groups is 1. The van der Waals surface area contributed by atoms with E-state index in [4.69, 9.17) is 5.11 Å². The molecule has 8 nitrogen and oxygen atoms in total. The van der Waals surface area contributed by atoms with Gasteiger partial charge in [-0.2, -0.15) is 0 Å². The van der Waals surface area contributed by atoms with Gasteiger partial charge in [-0.1, -0.05) is 0 Å². The fraction of sp³-hybridized carbons (Fsp3) is 0.308. The first kappa shape index (κ1) is 17.7. The molecule has 4 heterocycles. The molecule has 1 aromatic rings. The standard InChI is InChI=1S/C13H11N3O5S2.Na.H/c17-10-8(11-16(10)9(6-22-11)12(18)19)4-7-5-15-2-1-3-23(20,21)13(15)14-7;;/h4-6,11H,1-3H2,(H,18,19);;/q;+1;-1/t11-;;/m1../s1. The number of hydrogen-bond donors (Lipinski definition) is 1. The number of hydrogen-bond acceptors (Lipinski definition) is 6. The molecule has 11 heteroatoms. The summed E-state index contributed by atoms with van der Waals surface area (Å²) in [4.78, 5) is 28.5. The minimum atomic E-state index is -3.36. The molecule has 1 aromatic heterocycles. The van der Waals surface area contributed by atoms with Crippen LogP contribution in [0.2, 0.25) is 0 Å². The van der Waals surface area contributed by atoms with E-state index < -0.39 is 15.8 Å². The number of aliphatic carboxylic acids is 1. The SMILES string of the molecule is O=C(O)C1=CS[C@@H]2C(=Cc3cn4c(n3)S(=O)(=O)CCC4)C(=O)N12.[H-].[Na+]. The first-order valence-electron chi connectivity index (χ1n) is 6.82. The number of imidazole rings is 1. The van der Waals surface area contributed by atoms with Crippen LogP contribution in [0, 0.1) is 0 Å². The molecule has 24 heavy (non-hydrogen) atoms. The number of carboxylic acid groups (broad SMARTS) is 1. The number of nitrogens with zero attached hydrogens (tertiary/aromatic N) is 3. The molecule has 4 rings (SSSR count). The van der Waals surface area contributed by atoms with Crippen LogP contribution in [0.15, 0.2) is 28.0 Å². The van der Waals surface area contributed by atoms with E-state index in [1.807, 2.05) is 0 Å². The second-order valence-corrected chi connectivity index (χ2v) is 8.34. The zero-order valence-corrected chi connectivity index (χ0v) is 16.3. The van der Waals surface area contributed by atoms with E-state index in [1.165, 1.54) is 28.1 Å². The molecule has 0 aromatic carbocycles. The fourth-order valence-corrected chi connectivity index (χ4v) is 5.39. The Kier molecular flexibility index (Phi) is 4.45. The van der Waals surface area contributed by atoms with Gasteiger partial charge in [0.2, 0.25) is 15.0 Å². The number of β-lactam (4-membered cyclic amide) rings is 1. The van der Waals surface area contributed by atoms with Crippen LogP contribution < -0.4 is 29.6 Å². The molecule has 0 aliphatic carbocycles. The van der Waals surface area contributed by atoms with E-state index in [2.05, 4.69) is 4.98 Å². The molecule has 1 N–H and O–H groups in total. The summed E-state index contributed by atoms with van der Waals surface area (Å²) in [5.41, 5.74) is 0.794. The molecule has 0 unspecified atom stereocenters. The number of fused-ring (bicyclic) bond motifs is 2. The average molecular weight is 377 g/mol. The van der Waals surface area contributed by atoms with Gasteiger partial charge in [0, 0.05) is 18.1 Å².